The largest absolute Gasteiger partial charge is 0.508 e. The molecule has 1 saturated heterocycles. The van der Waals surface area contributed by atoms with Crippen molar-refractivity contribution >= 4 is 27.8 Å². The molecule has 12 heteroatoms. The number of carbonyl (C=O) groups is 1. The fourth-order valence-corrected chi connectivity index (χ4v) is 5.75. The van der Waals surface area contributed by atoms with E-state index in [9.17, 15) is 13.2 Å². The first kappa shape index (κ1) is 25.7. The van der Waals surface area contributed by atoms with Crippen LogP contribution in [0.15, 0.2) is 47.6 Å². The maximum absolute atomic E-state index is 13.2. The van der Waals surface area contributed by atoms with Gasteiger partial charge in [0.1, 0.15) is 5.60 Å². The van der Waals surface area contributed by atoms with E-state index in [-0.39, 0.29) is 24.0 Å². The topological polar surface area (TPSA) is 151 Å². The molecule has 1 aromatic heterocycles. The van der Waals surface area contributed by atoms with E-state index < -0.39 is 21.8 Å². The number of carbonyl (C=O) groups excluding carboxylic acids is 1. The molecule has 11 nitrogen and oxygen atoms in total. The van der Waals surface area contributed by atoms with E-state index in [1.54, 1.807) is 42.4 Å². The van der Waals surface area contributed by atoms with Crippen LogP contribution in [0.4, 0.5) is 10.5 Å². The van der Waals surface area contributed by atoms with Gasteiger partial charge in [-0.3, -0.25) is 10.4 Å². The van der Waals surface area contributed by atoms with E-state index >= 15 is 0 Å². The Morgan fingerprint density at radius 2 is 1.89 bits per heavy atom. The van der Waals surface area contributed by atoms with Crippen molar-refractivity contribution in [3.05, 3.63) is 53.9 Å². The number of nitrogens with zero attached hydrogens (tertiary/aromatic N) is 3. The minimum atomic E-state index is -3.89. The number of anilines is 1. The Labute approximate surface area is 211 Å². The summed E-state index contributed by atoms with van der Waals surface area (Å²) >= 11 is 0. The van der Waals surface area contributed by atoms with Crippen LogP contribution in [0.25, 0.3) is 0 Å². The van der Waals surface area contributed by atoms with Crippen LogP contribution >= 0.6 is 0 Å². The first-order valence-electron chi connectivity index (χ1n) is 11.9. The average Bonchev–Trinajstić information content (AvgIpc) is 2.88. The highest BCUT2D eigenvalue weighted by Crippen LogP contribution is 2.30. The normalized spacial score (nSPS) is 17.2. The summed E-state index contributed by atoms with van der Waals surface area (Å²) in [5.41, 5.74) is 7.45. The second-order valence-electron chi connectivity index (χ2n) is 8.97. The molecule has 1 aromatic carbocycles. The molecule has 0 bridgehead atoms. The molecule has 2 aliphatic rings. The second-order valence-corrected chi connectivity index (χ2v) is 10.7. The minimum Gasteiger partial charge on any atom is -0.435 e. The van der Waals surface area contributed by atoms with Gasteiger partial charge >= 0.3 is 6.16 Å². The quantitative estimate of drug-likeness (QED) is 0.284. The summed E-state index contributed by atoms with van der Waals surface area (Å²) in [7, 11) is -3.89. The Morgan fingerprint density at radius 1 is 1.17 bits per heavy atom. The van der Waals surface area contributed by atoms with Gasteiger partial charge in [0.15, 0.2) is 5.96 Å². The summed E-state index contributed by atoms with van der Waals surface area (Å²) in [4.78, 5) is 20.2. The first-order chi connectivity index (χ1) is 17.2. The molecule has 0 saturated carbocycles. The van der Waals surface area contributed by atoms with Crippen molar-refractivity contribution in [3.63, 3.8) is 0 Å². The van der Waals surface area contributed by atoms with E-state index in [2.05, 4.69) is 14.6 Å². The number of benzene rings is 1. The Hall–Kier alpha value is -3.38. The van der Waals surface area contributed by atoms with Crippen molar-refractivity contribution in [1.82, 2.24) is 14.6 Å². The van der Waals surface area contributed by atoms with Crippen molar-refractivity contribution in [2.45, 2.75) is 43.2 Å². The lowest BCUT2D eigenvalue weighted by Gasteiger charge is -2.41. The second kappa shape index (κ2) is 10.7. The fraction of sp³-hybridized carbons (Fsp3) is 0.458. The Balaban J connectivity index is 1.49. The van der Waals surface area contributed by atoms with Gasteiger partial charge in [-0.05, 0) is 48.7 Å². The number of hydrogen-bond acceptors (Lipinski definition) is 8. The van der Waals surface area contributed by atoms with Crippen LogP contribution < -0.4 is 15.4 Å². The number of fused-ring (bicyclic) bond motifs is 1. The zero-order valence-electron chi connectivity index (χ0n) is 20.3. The maximum Gasteiger partial charge on any atom is 0.508 e. The number of nitrogens with one attached hydrogen (secondary N) is 2. The zero-order valence-corrected chi connectivity index (χ0v) is 21.1. The summed E-state index contributed by atoms with van der Waals surface area (Å²) in [5, 5.41) is 7.68. The number of rotatable bonds is 7. The van der Waals surface area contributed by atoms with Gasteiger partial charge in [-0.1, -0.05) is 6.07 Å². The molecule has 0 unspecified atom stereocenters. The van der Waals surface area contributed by atoms with E-state index in [1.165, 1.54) is 0 Å². The molecule has 36 heavy (non-hydrogen) atoms. The van der Waals surface area contributed by atoms with Crippen LogP contribution in [0.1, 0.15) is 30.9 Å². The van der Waals surface area contributed by atoms with Crippen molar-refractivity contribution in [1.29, 1.82) is 5.41 Å². The molecule has 4 rings (SSSR count). The predicted molar refractivity (Wildman–Crippen MR) is 134 cm³/mol. The van der Waals surface area contributed by atoms with Crippen molar-refractivity contribution in [2.24, 2.45) is 5.73 Å². The number of guanidine groups is 1. The summed E-state index contributed by atoms with van der Waals surface area (Å²) in [6, 6.07) is 8.82. The lowest BCUT2D eigenvalue weighted by molar-refractivity contribution is -0.0434. The highest BCUT2D eigenvalue weighted by atomic mass is 32.2. The zero-order chi connectivity index (χ0) is 25.8. The van der Waals surface area contributed by atoms with Crippen LogP contribution in [-0.4, -0.2) is 68.8 Å². The average molecular weight is 517 g/mol. The van der Waals surface area contributed by atoms with Crippen LogP contribution in [0.3, 0.4) is 0 Å². The third kappa shape index (κ3) is 5.88. The molecule has 0 amide bonds. The molecule has 1 fully saturated rings. The van der Waals surface area contributed by atoms with Gasteiger partial charge in [0.05, 0.1) is 18.0 Å². The monoisotopic (exact) mass is 516 g/mol. The standard InChI is InChI=1S/C24H32N6O5S/c1-2-34-23(31)35-24(8-13-29(14-9-24)20-5-10-27-11-6-20)17-28-36(32,33)21-4-3-18-7-12-30(22(25)26)16-19(18)15-21/h3-6,10-11,15,28H,2,7-9,12-14,16-17H2,1H3,(H3,25,26). The number of aromatic nitrogens is 1. The summed E-state index contributed by atoms with van der Waals surface area (Å²) in [5.74, 6) is -0.0387. The smallest absolute Gasteiger partial charge is 0.435 e. The number of pyridine rings is 1. The fourth-order valence-electron chi connectivity index (χ4n) is 4.58. The molecule has 0 radical (unpaired) electrons. The molecule has 3 heterocycles. The Kier molecular flexibility index (Phi) is 7.65. The number of nitrogens with two attached hydrogens (primary N) is 1. The molecular weight excluding hydrogens is 484 g/mol. The third-order valence-corrected chi connectivity index (χ3v) is 8.09. The molecule has 2 aromatic rings. The van der Waals surface area contributed by atoms with Crippen molar-refractivity contribution < 1.29 is 22.7 Å². The maximum atomic E-state index is 13.2. The summed E-state index contributed by atoms with van der Waals surface area (Å²) < 4.78 is 39.8. The molecule has 0 spiro atoms. The predicted octanol–water partition coefficient (Wildman–Crippen LogP) is 1.82. The van der Waals surface area contributed by atoms with E-state index in [4.69, 9.17) is 20.6 Å². The highest BCUT2D eigenvalue weighted by Gasteiger charge is 2.40. The molecule has 0 atom stereocenters. The van der Waals surface area contributed by atoms with Gasteiger partial charge < -0.3 is 25.0 Å². The number of ether oxygens (including phenoxy) is 2. The number of sulfonamides is 1. The van der Waals surface area contributed by atoms with E-state index in [1.807, 2.05) is 12.1 Å². The van der Waals surface area contributed by atoms with Crippen LogP contribution in [0.2, 0.25) is 0 Å². The first-order valence-corrected chi connectivity index (χ1v) is 13.4. The van der Waals surface area contributed by atoms with Crippen LogP contribution in [-0.2, 0) is 32.5 Å². The van der Waals surface area contributed by atoms with Crippen molar-refractivity contribution in [3.8, 4) is 0 Å². The van der Waals surface area contributed by atoms with Gasteiger partial charge in [0.25, 0.3) is 0 Å². The Bertz CT molecular complexity index is 1200. The van der Waals surface area contributed by atoms with Gasteiger partial charge in [-0.15, -0.1) is 0 Å². The molecule has 4 N–H and O–H groups in total. The van der Waals surface area contributed by atoms with Gasteiger partial charge in [-0.25, -0.2) is 17.9 Å². The summed E-state index contributed by atoms with van der Waals surface area (Å²) in [6.07, 6.45) is 4.16. The third-order valence-electron chi connectivity index (χ3n) is 6.69. The van der Waals surface area contributed by atoms with Gasteiger partial charge in [0, 0.05) is 57.1 Å². The highest BCUT2D eigenvalue weighted by molar-refractivity contribution is 7.89. The Morgan fingerprint density at radius 3 is 2.56 bits per heavy atom. The van der Waals surface area contributed by atoms with Crippen LogP contribution in [0, 0.1) is 5.41 Å². The molecule has 0 aliphatic carbocycles. The number of hydrogen-bond donors (Lipinski definition) is 3. The lowest BCUT2D eigenvalue weighted by atomic mass is 9.91. The van der Waals surface area contributed by atoms with Gasteiger partial charge in [-0.2, -0.15) is 0 Å². The van der Waals surface area contributed by atoms with E-state index in [0.29, 0.717) is 45.4 Å². The van der Waals surface area contributed by atoms with E-state index in [0.717, 1.165) is 16.8 Å². The van der Waals surface area contributed by atoms with Crippen molar-refractivity contribution in [2.75, 3.05) is 37.7 Å². The van der Waals surface area contributed by atoms with Crippen LogP contribution in [0.5, 0.6) is 0 Å². The molecule has 2 aliphatic heterocycles. The lowest BCUT2D eigenvalue weighted by Crippen LogP contribution is -2.53. The molecule has 194 valence electrons. The molecular formula is C24H32N6O5S. The van der Waals surface area contributed by atoms with Gasteiger partial charge in [0.2, 0.25) is 10.0 Å². The number of piperidine rings is 1. The minimum absolute atomic E-state index is 0.0387. The summed E-state index contributed by atoms with van der Waals surface area (Å²) in [6.45, 7) is 3.93. The SMILES string of the molecule is CCOC(=O)OC1(CNS(=O)(=O)c2ccc3c(c2)CN(C(=N)N)CC3)CCN(c2ccncc2)CC1.